The van der Waals surface area contributed by atoms with E-state index >= 15 is 0 Å². The predicted octanol–water partition coefficient (Wildman–Crippen LogP) is 1.23. The number of ether oxygens (including phenoxy) is 1. The van der Waals surface area contributed by atoms with Gasteiger partial charge in [0.25, 0.3) is 0 Å². The first-order valence-electron chi connectivity index (χ1n) is 4.26. The summed E-state index contributed by atoms with van der Waals surface area (Å²) in [6.45, 7) is 6.95. The maximum Gasteiger partial charge on any atom is 0.0593 e. The molecule has 3 heteroatoms. The topological polar surface area (TPSA) is 27.1 Å². The molecule has 0 radical (unpaired) electrons. The van der Waals surface area contributed by atoms with E-state index in [1.807, 2.05) is 23.9 Å². The van der Waals surface area contributed by atoms with Crippen LogP contribution in [0.5, 0.6) is 0 Å². The fraction of sp³-hybridized carbons (Fsp3) is 0.667. The van der Waals surface area contributed by atoms with E-state index in [0.717, 1.165) is 25.5 Å². The first kappa shape index (κ1) is 7.80. The van der Waals surface area contributed by atoms with E-state index in [1.165, 1.54) is 0 Å². The minimum atomic E-state index is 0.318. The SMILES string of the molecule is Cc1ccn(CC2(C)COC2)n1. The second kappa shape index (κ2) is 2.59. The first-order valence-corrected chi connectivity index (χ1v) is 4.26. The summed E-state index contributed by atoms with van der Waals surface area (Å²) in [6, 6.07) is 2.03. The lowest BCUT2D eigenvalue weighted by molar-refractivity contribution is -0.111. The fourth-order valence-corrected chi connectivity index (χ4v) is 1.48. The maximum atomic E-state index is 5.18. The summed E-state index contributed by atoms with van der Waals surface area (Å²) in [7, 11) is 0. The smallest absolute Gasteiger partial charge is 0.0593 e. The van der Waals surface area contributed by atoms with Crippen molar-refractivity contribution in [1.82, 2.24) is 9.78 Å². The third-order valence-electron chi connectivity index (χ3n) is 2.22. The second-order valence-electron chi connectivity index (χ2n) is 3.96. The number of hydrogen-bond donors (Lipinski definition) is 0. The van der Waals surface area contributed by atoms with E-state index in [2.05, 4.69) is 12.0 Å². The van der Waals surface area contributed by atoms with Crippen molar-refractivity contribution in [2.45, 2.75) is 20.4 Å². The van der Waals surface area contributed by atoms with E-state index < -0.39 is 0 Å². The van der Waals surface area contributed by atoms with E-state index in [9.17, 15) is 0 Å². The Bertz CT molecular complexity index is 276. The van der Waals surface area contributed by atoms with Crippen LogP contribution in [0.4, 0.5) is 0 Å². The quantitative estimate of drug-likeness (QED) is 0.660. The number of aromatic nitrogens is 2. The summed E-state index contributed by atoms with van der Waals surface area (Å²) < 4.78 is 7.17. The van der Waals surface area contributed by atoms with Crippen molar-refractivity contribution in [1.29, 1.82) is 0 Å². The van der Waals surface area contributed by atoms with Crippen molar-refractivity contribution < 1.29 is 4.74 Å². The average Bonchev–Trinajstić information content (AvgIpc) is 2.32. The number of rotatable bonds is 2. The minimum absolute atomic E-state index is 0.318. The zero-order valence-corrected chi connectivity index (χ0v) is 7.58. The van der Waals surface area contributed by atoms with E-state index in [0.29, 0.717) is 5.41 Å². The van der Waals surface area contributed by atoms with E-state index in [-0.39, 0.29) is 0 Å². The summed E-state index contributed by atoms with van der Waals surface area (Å²) in [4.78, 5) is 0. The molecular weight excluding hydrogens is 152 g/mol. The Morgan fingerprint density at radius 2 is 2.42 bits per heavy atom. The molecule has 0 bridgehead atoms. The number of aryl methyl sites for hydroxylation is 1. The van der Waals surface area contributed by atoms with Crippen LogP contribution in [-0.4, -0.2) is 23.0 Å². The van der Waals surface area contributed by atoms with Gasteiger partial charge < -0.3 is 4.74 Å². The molecule has 0 unspecified atom stereocenters. The van der Waals surface area contributed by atoms with Gasteiger partial charge in [-0.25, -0.2) is 0 Å². The van der Waals surface area contributed by atoms with Crippen LogP contribution in [0.3, 0.4) is 0 Å². The molecule has 1 aliphatic rings. The Labute approximate surface area is 72.3 Å². The molecule has 0 amide bonds. The monoisotopic (exact) mass is 166 g/mol. The molecular formula is C9H14N2O. The van der Waals surface area contributed by atoms with Crippen molar-refractivity contribution in [2.75, 3.05) is 13.2 Å². The van der Waals surface area contributed by atoms with Gasteiger partial charge in [0.05, 0.1) is 25.5 Å². The lowest BCUT2D eigenvalue weighted by Crippen LogP contribution is -2.43. The Morgan fingerprint density at radius 3 is 2.83 bits per heavy atom. The van der Waals surface area contributed by atoms with Gasteiger partial charge in [0, 0.05) is 11.6 Å². The van der Waals surface area contributed by atoms with Crippen molar-refractivity contribution in [3.05, 3.63) is 18.0 Å². The Kier molecular flexibility index (Phi) is 1.68. The largest absolute Gasteiger partial charge is 0.380 e. The summed E-state index contributed by atoms with van der Waals surface area (Å²) in [5.41, 5.74) is 1.40. The standard InChI is InChI=1S/C9H14N2O/c1-8-3-4-11(10-8)5-9(2)6-12-7-9/h3-4H,5-7H2,1-2H3. The molecule has 66 valence electrons. The van der Waals surface area contributed by atoms with Crippen LogP contribution in [0.25, 0.3) is 0 Å². The van der Waals surface area contributed by atoms with Crippen LogP contribution in [0, 0.1) is 12.3 Å². The lowest BCUT2D eigenvalue weighted by Gasteiger charge is -2.37. The van der Waals surface area contributed by atoms with Crippen LogP contribution in [0.1, 0.15) is 12.6 Å². The van der Waals surface area contributed by atoms with Crippen molar-refractivity contribution >= 4 is 0 Å². The zero-order valence-electron chi connectivity index (χ0n) is 7.58. The summed E-state index contributed by atoms with van der Waals surface area (Å²) >= 11 is 0. The lowest BCUT2D eigenvalue weighted by atomic mass is 9.89. The molecule has 3 nitrogen and oxygen atoms in total. The Hall–Kier alpha value is -0.830. The highest BCUT2D eigenvalue weighted by Crippen LogP contribution is 2.28. The molecule has 1 aromatic rings. The van der Waals surface area contributed by atoms with Gasteiger partial charge in [0.2, 0.25) is 0 Å². The van der Waals surface area contributed by atoms with Crippen LogP contribution in [0.15, 0.2) is 12.3 Å². The minimum Gasteiger partial charge on any atom is -0.380 e. The fourth-order valence-electron chi connectivity index (χ4n) is 1.48. The zero-order chi connectivity index (χ0) is 8.60. The third kappa shape index (κ3) is 1.37. The second-order valence-corrected chi connectivity index (χ2v) is 3.96. The first-order chi connectivity index (χ1) is 5.68. The van der Waals surface area contributed by atoms with Gasteiger partial charge in [-0.3, -0.25) is 4.68 Å². The van der Waals surface area contributed by atoms with Gasteiger partial charge in [-0.05, 0) is 13.0 Å². The molecule has 0 N–H and O–H groups in total. The molecule has 1 saturated heterocycles. The van der Waals surface area contributed by atoms with E-state index in [1.54, 1.807) is 0 Å². The number of nitrogens with zero attached hydrogens (tertiary/aromatic N) is 2. The van der Waals surface area contributed by atoms with Gasteiger partial charge in [0.1, 0.15) is 0 Å². The predicted molar refractivity (Wildman–Crippen MR) is 45.9 cm³/mol. The Morgan fingerprint density at radius 1 is 1.67 bits per heavy atom. The molecule has 12 heavy (non-hydrogen) atoms. The average molecular weight is 166 g/mol. The molecule has 2 heterocycles. The highest BCUT2D eigenvalue weighted by atomic mass is 16.5. The van der Waals surface area contributed by atoms with Crippen molar-refractivity contribution in [3.8, 4) is 0 Å². The van der Waals surface area contributed by atoms with Gasteiger partial charge in [-0.1, -0.05) is 6.92 Å². The van der Waals surface area contributed by atoms with Gasteiger partial charge in [-0.15, -0.1) is 0 Å². The van der Waals surface area contributed by atoms with Crippen molar-refractivity contribution in [3.63, 3.8) is 0 Å². The molecule has 0 saturated carbocycles. The molecule has 1 fully saturated rings. The highest BCUT2D eigenvalue weighted by Gasteiger charge is 2.33. The number of hydrogen-bond acceptors (Lipinski definition) is 2. The van der Waals surface area contributed by atoms with Gasteiger partial charge in [-0.2, -0.15) is 5.10 Å². The van der Waals surface area contributed by atoms with Gasteiger partial charge >= 0.3 is 0 Å². The maximum absolute atomic E-state index is 5.18. The molecule has 2 rings (SSSR count). The molecule has 0 aliphatic carbocycles. The van der Waals surface area contributed by atoms with Crippen LogP contribution < -0.4 is 0 Å². The van der Waals surface area contributed by atoms with Crippen LogP contribution in [-0.2, 0) is 11.3 Å². The van der Waals surface area contributed by atoms with E-state index in [4.69, 9.17) is 4.74 Å². The summed E-state index contributed by atoms with van der Waals surface area (Å²) in [5, 5.41) is 4.34. The highest BCUT2D eigenvalue weighted by molar-refractivity contribution is 4.96. The normalized spacial score (nSPS) is 20.5. The third-order valence-corrected chi connectivity index (χ3v) is 2.22. The molecule has 0 spiro atoms. The van der Waals surface area contributed by atoms with Crippen molar-refractivity contribution in [2.24, 2.45) is 5.41 Å². The molecule has 1 aliphatic heterocycles. The molecule has 0 atom stereocenters. The summed E-state index contributed by atoms with van der Waals surface area (Å²) in [5.74, 6) is 0. The van der Waals surface area contributed by atoms with Crippen LogP contribution >= 0.6 is 0 Å². The Balaban J connectivity index is 2.03. The molecule has 1 aromatic heterocycles. The van der Waals surface area contributed by atoms with Crippen LogP contribution in [0.2, 0.25) is 0 Å². The summed E-state index contributed by atoms with van der Waals surface area (Å²) in [6.07, 6.45) is 2.03. The van der Waals surface area contributed by atoms with Gasteiger partial charge in [0.15, 0.2) is 0 Å². The molecule has 0 aromatic carbocycles.